The number of hydrogen-bond acceptors (Lipinski definition) is 7. The lowest BCUT2D eigenvalue weighted by Crippen LogP contribution is -2.29. The molecule has 0 fully saturated rings. The predicted molar refractivity (Wildman–Crippen MR) is 92.5 cm³/mol. The Morgan fingerprint density at radius 2 is 1.76 bits per heavy atom. The fourth-order valence-corrected chi connectivity index (χ4v) is 2.58. The number of anilines is 1. The maximum absolute atomic E-state index is 10.8. The third-order valence-corrected chi connectivity index (χ3v) is 3.80. The Kier molecular flexibility index (Phi) is 4.92. The van der Waals surface area contributed by atoms with E-state index in [-0.39, 0.29) is 18.9 Å². The highest BCUT2D eigenvalue weighted by molar-refractivity contribution is 5.78. The molecule has 1 heterocycles. The van der Waals surface area contributed by atoms with Crippen LogP contribution in [0.25, 0.3) is 22.6 Å². The molecule has 0 saturated carbocycles. The molecule has 0 unspecified atom stereocenters. The number of benzene rings is 2. The van der Waals surface area contributed by atoms with Gasteiger partial charge in [-0.3, -0.25) is 10.1 Å². The minimum atomic E-state index is -0.479. The summed E-state index contributed by atoms with van der Waals surface area (Å²) in [5.41, 5.74) is 2.45. The molecule has 0 amide bonds. The van der Waals surface area contributed by atoms with Crippen LogP contribution in [-0.4, -0.2) is 46.4 Å². The summed E-state index contributed by atoms with van der Waals surface area (Å²) in [6.45, 7) is 0.830. The minimum absolute atomic E-state index is 0.00827. The summed E-state index contributed by atoms with van der Waals surface area (Å²) in [5, 5.41) is 29.0. The quantitative estimate of drug-likeness (QED) is 0.499. The van der Waals surface area contributed by atoms with E-state index in [9.17, 15) is 10.1 Å². The molecule has 0 aliphatic heterocycles. The van der Waals surface area contributed by atoms with Crippen molar-refractivity contribution in [1.82, 2.24) is 4.98 Å². The van der Waals surface area contributed by atoms with Crippen LogP contribution < -0.4 is 4.90 Å². The van der Waals surface area contributed by atoms with Crippen LogP contribution in [0.3, 0.4) is 0 Å². The molecule has 2 aromatic carbocycles. The van der Waals surface area contributed by atoms with E-state index in [0.717, 1.165) is 11.3 Å². The zero-order valence-corrected chi connectivity index (χ0v) is 13.3. The monoisotopic (exact) mass is 343 g/mol. The van der Waals surface area contributed by atoms with Crippen molar-refractivity contribution in [3.8, 4) is 11.5 Å². The first-order valence-electron chi connectivity index (χ1n) is 7.74. The van der Waals surface area contributed by atoms with Crippen LogP contribution >= 0.6 is 0 Å². The second-order valence-electron chi connectivity index (χ2n) is 5.41. The normalized spacial score (nSPS) is 11.0. The second kappa shape index (κ2) is 7.29. The Morgan fingerprint density at radius 3 is 2.36 bits per heavy atom. The molecule has 3 rings (SSSR count). The number of aliphatic hydroxyl groups is 2. The van der Waals surface area contributed by atoms with E-state index in [2.05, 4.69) is 4.98 Å². The van der Waals surface area contributed by atoms with Crippen LogP contribution in [0.15, 0.2) is 46.9 Å². The summed E-state index contributed by atoms with van der Waals surface area (Å²) in [4.78, 5) is 16.6. The molecule has 8 heteroatoms. The topological polar surface area (TPSA) is 113 Å². The van der Waals surface area contributed by atoms with Crippen molar-refractivity contribution < 1.29 is 19.6 Å². The third-order valence-electron chi connectivity index (χ3n) is 3.80. The molecule has 3 aromatic rings. The lowest BCUT2D eigenvalue weighted by molar-refractivity contribution is -0.384. The van der Waals surface area contributed by atoms with Gasteiger partial charge in [-0.1, -0.05) is 0 Å². The van der Waals surface area contributed by atoms with Crippen LogP contribution in [0.5, 0.6) is 0 Å². The fourth-order valence-electron chi connectivity index (χ4n) is 2.58. The standard InChI is InChI=1S/C17H17N3O5/c21-9-7-19(8-10-22)13-3-1-12(2-4-13)17-18-15-6-5-14(20(23)24)11-16(15)25-17/h1-6,11,21-22H,7-10H2. The SMILES string of the molecule is O=[N+]([O-])c1ccc2nc(-c3ccc(N(CCO)CCO)cc3)oc2c1. The fraction of sp³-hybridized carbons (Fsp3) is 0.235. The highest BCUT2D eigenvalue weighted by atomic mass is 16.6. The Balaban J connectivity index is 1.89. The van der Waals surface area contributed by atoms with E-state index in [4.69, 9.17) is 14.6 Å². The van der Waals surface area contributed by atoms with Crippen molar-refractivity contribution in [1.29, 1.82) is 0 Å². The number of nitro benzene ring substituents is 1. The van der Waals surface area contributed by atoms with E-state index < -0.39 is 4.92 Å². The minimum Gasteiger partial charge on any atom is -0.436 e. The van der Waals surface area contributed by atoms with Crippen LogP contribution in [0, 0.1) is 10.1 Å². The molecule has 0 aliphatic rings. The molecule has 8 nitrogen and oxygen atoms in total. The Morgan fingerprint density at radius 1 is 1.08 bits per heavy atom. The molecule has 0 spiro atoms. The molecule has 0 saturated heterocycles. The largest absolute Gasteiger partial charge is 0.436 e. The Hall–Kier alpha value is -2.97. The van der Waals surface area contributed by atoms with Crippen molar-refractivity contribution in [3.05, 3.63) is 52.6 Å². The van der Waals surface area contributed by atoms with Crippen molar-refractivity contribution in [2.45, 2.75) is 0 Å². The number of non-ortho nitro benzene ring substituents is 1. The van der Waals surface area contributed by atoms with Crippen molar-refractivity contribution >= 4 is 22.5 Å². The molecule has 0 atom stereocenters. The maximum Gasteiger partial charge on any atom is 0.273 e. The number of fused-ring (bicyclic) bond motifs is 1. The third kappa shape index (κ3) is 3.59. The molecule has 2 N–H and O–H groups in total. The van der Waals surface area contributed by atoms with Gasteiger partial charge in [-0.25, -0.2) is 4.98 Å². The smallest absolute Gasteiger partial charge is 0.273 e. The summed E-state index contributed by atoms with van der Waals surface area (Å²) in [6.07, 6.45) is 0. The number of hydrogen-bond donors (Lipinski definition) is 2. The molecule has 0 aliphatic carbocycles. The first-order valence-corrected chi connectivity index (χ1v) is 7.74. The predicted octanol–water partition coefficient (Wildman–Crippen LogP) is 2.19. The molecule has 130 valence electrons. The van der Waals surface area contributed by atoms with Gasteiger partial charge in [-0.2, -0.15) is 0 Å². The van der Waals surface area contributed by atoms with E-state index in [1.54, 1.807) is 6.07 Å². The van der Waals surface area contributed by atoms with Gasteiger partial charge in [-0.05, 0) is 30.3 Å². The number of nitro groups is 1. The van der Waals surface area contributed by atoms with Gasteiger partial charge < -0.3 is 19.5 Å². The highest BCUT2D eigenvalue weighted by Crippen LogP contribution is 2.28. The van der Waals surface area contributed by atoms with Crippen molar-refractivity contribution in [2.75, 3.05) is 31.2 Å². The van der Waals surface area contributed by atoms with E-state index in [1.807, 2.05) is 29.2 Å². The van der Waals surface area contributed by atoms with Gasteiger partial charge in [-0.15, -0.1) is 0 Å². The van der Waals surface area contributed by atoms with Gasteiger partial charge in [0.2, 0.25) is 5.89 Å². The maximum atomic E-state index is 10.8. The number of oxazole rings is 1. The summed E-state index contributed by atoms with van der Waals surface area (Å²) in [5.74, 6) is 0.373. The zero-order chi connectivity index (χ0) is 17.8. The number of rotatable bonds is 7. The van der Waals surface area contributed by atoms with Crippen LogP contribution in [0.4, 0.5) is 11.4 Å². The van der Waals surface area contributed by atoms with Gasteiger partial charge >= 0.3 is 0 Å². The lowest BCUT2D eigenvalue weighted by atomic mass is 10.2. The molecule has 25 heavy (non-hydrogen) atoms. The van der Waals surface area contributed by atoms with Crippen molar-refractivity contribution in [2.24, 2.45) is 0 Å². The second-order valence-corrected chi connectivity index (χ2v) is 5.41. The average molecular weight is 343 g/mol. The van der Waals surface area contributed by atoms with E-state index in [0.29, 0.717) is 30.1 Å². The van der Waals surface area contributed by atoms with Gasteiger partial charge in [0.25, 0.3) is 5.69 Å². The molecular formula is C17H17N3O5. The van der Waals surface area contributed by atoms with Gasteiger partial charge in [0, 0.05) is 30.4 Å². The first-order chi connectivity index (χ1) is 12.1. The molecular weight excluding hydrogens is 326 g/mol. The first kappa shape index (κ1) is 16.9. The highest BCUT2D eigenvalue weighted by Gasteiger charge is 2.13. The summed E-state index contributed by atoms with van der Waals surface area (Å²) < 4.78 is 5.63. The van der Waals surface area contributed by atoms with E-state index in [1.165, 1.54) is 12.1 Å². The van der Waals surface area contributed by atoms with Crippen molar-refractivity contribution in [3.63, 3.8) is 0 Å². The van der Waals surface area contributed by atoms with Gasteiger partial charge in [0.05, 0.1) is 24.2 Å². The lowest BCUT2D eigenvalue weighted by Gasteiger charge is -2.22. The average Bonchev–Trinajstić information content (AvgIpc) is 3.05. The Bertz CT molecular complexity index is 870. The number of aromatic nitrogens is 1. The number of aliphatic hydroxyl groups excluding tert-OH is 2. The summed E-state index contributed by atoms with van der Waals surface area (Å²) in [6, 6.07) is 11.6. The molecule has 0 radical (unpaired) electrons. The van der Waals surface area contributed by atoms with Gasteiger partial charge in [0.1, 0.15) is 5.52 Å². The Labute approximate surface area is 143 Å². The van der Waals surface area contributed by atoms with Crippen LogP contribution in [0.2, 0.25) is 0 Å². The zero-order valence-electron chi connectivity index (χ0n) is 13.3. The molecule has 0 bridgehead atoms. The number of nitrogens with zero attached hydrogens (tertiary/aromatic N) is 3. The van der Waals surface area contributed by atoms with Gasteiger partial charge in [0.15, 0.2) is 5.58 Å². The van der Waals surface area contributed by atoms with Crippen LogP contribution in [0.1, 0.15) is 0 Å². The van der Waals surface area contributed by atoms with E-state index >= 15 is 0 Å². The summed E-state index contributed by atoms with van der Waals surface area (Å²) >= 11 is 0. The summed E-state index contributed by atoms with van der Waals surface area (Å²) in [7, 11) is 0. The van der Waals surface area contributed by atoms with Crippen LogP contribution in [-0.2, 0) is 0 Å². The molecule has 1 aromatic heterocycles.